The fourth-order valence-corrected chi connectivity index (χ4v) is 7.15. The van der Waals surface area contributed by atoms with E-state index < -0.39 is 5.92 Å². The third kappa shape index (κ3) is 5.87. The van der Waals surface area contributed by atoms with Crippen molar-refractivity contribution < 1.29 is 34.1 Å². The first kappa shape index (κ1) is 27.1. The van der Waals surface area contributed by atoms with Gasteiger partial charge in [0, 0.05) is 0 Å². The minimum atomic E-state index is -2.85. The molecule has 9 heteroatoms. The second kappa shape index (κ2) is 11.1. The van der Waals surface area contributed by atoms with Gasteiger partial charge in [-0.1, -0.05) is 0 Å². The molecule has 0 radical (unpaired) electrons. The summed E-state index contributed by atoms with van der Waals surface area (Å²) in [6.45, 7) is 5.36. The molecule has 0 spiro atoms. The molecule has 0 amide bonds. The molecule has 1 aromatic carbocycles. The van der Waals surface area contributed by atoms with E-state index in [0.717, 1.165) is 77.9 Å². The van der Waals surface area contributed by atoms with Gasteiger partial charge in [0.25, 0.3) is 0 Å². The summed E-state index contributed by atoms with van der Waals surface area (Å²) in [4.78, 5) is 25.4. The summed E-state index contributed by atoms with van der Waals surface area (Å²) in [5.41, 5.74) is 2.44. The zero-order valence-corrected chi connectivity index (χ0v) is 26.7. The summed E-state index contributed by atoms with van der Waals surface area (Å²) < 4.78 is 33.3. The van der Waals surface area contributed by atoms with Crippen molar-refractivity contribution in [1.82, 2.24) is 19.4 Å². The summed E-state index contributed by atoms with van der Waals surface area (Å²) in [5.74, 6) is -0.949. The third-order valence-corrected chi connectivity index (χ3v) is 10.2. The van der Waals surface area contributed by atoms with Gasteiger partial charge in [-0.05, 0) is 0 Å². The molecule has 2 fully saturated rings. The van der Waals surface area contributed by atoms with Crippen molar-refractivity contribution >= 4 is 20.0 Å². The van der Waals surface area contributed by atoms with E-state index in [2.05, 4.69) is 10.2 Å². The first-order valence-corrected chi connectivity index (χ1v) is 16.4. The molecule has 3 aromatic rings. The predicted molar refractivity (Wildman–Crippen MR) is 146 cm³/mol. The molecule has 6 nitrogen and oxygen atoms in total. The van der Waals surface area contributed by atoms with Gasteiger partial charge in [0.1, 0.15) is 0 Å². The molecule has 39 heavy (non-hydrogen) atoms. The first-order valence-electron chi connectivity index (χ1n) is 14.4. The fraction of sp³-hybridized carbons (Fsp3) is 0.533. The number of pyridine rings is 1. The SMILES string of the molecule is Cc1nc2c3cc(C4CC4)c(=O)n(c3n1)CCCCCCN1CC(CCC(F)(F)c3cccc(c3)[C](=[Cd])N2)C1. The summed E-state index contributed by atoms with van der Waals surface area (Å²) in [5, 5.41) is 4.31. The molecule has 7 rings (SSSR count). The monoisotopic (exact) mass is 633 g/mol. The first-order chi connectivity index (χ1) is 18.8. The van der Waals surface area contributed by atoms with E-state index in [1.807, 2.05) is 23.6 Å². The van der Waals surface area contributed by atoms with Crippen molar-refractivity contribution in [3.8, 4) is 0 Å². The number of nitrogens with one attached hydrogen (secondary N) is 1. The van der Waals surface area contributed by atoms with Crippen LogP contribution in [0.15, 0.2) is 35.1 Å². The molecule has 4 aliphatic rings. The molecule has 1 saturated carbocycles. The Morgan fingerprint density at radius 1 is 1.03 bits per heavy atom. The third-order valence-electron chi connectivity index (χ3n) is 8.51. The summed E-state index contributed by atoms with van der Waals surface area (Å²) in [6.07, 6.45) is 6.69. The summed E-state index contributed by atoms with van der Waals surface area (Å²) >= 11 is 0.331. The van der Waals surface area contributed by atoms with Gasteiger partial charge in [-0.15, -0.1) is 0 Å². The van der Waals surface area contributed by atoms with Crippen LogP contribution < -0.4 is 10.9 Å². The van der Waals surface area contributed by atoms with Crippen LogP contribution in [0.2, 0.25) is 0 Å². The molecule has 5 heterocycles. The van der Waals surface area contributed by atoms with Crippen molar-refractivity contribution in [3.05, 3.63) is 63.2 Å². The molecule has 2 aromatic heterocycles. The van der Waals surface area contributed by atoms with E-state index >= 15 is 8.78 Å². The van der Waals surface area contributed by atoms with Crippen LogP contribution in [0.5, 0.6) is 0 Å². The second-order valence-electron chi connectivity index (χ2n) is 11.7. The molecule has 3 aliphatic heterocycles. The summed E-state index contributed by atoms with van der Waals surface area (Å²) in [6, 6.07) is 8.79. The number of nitrogens with zero attached hydrogens (tertiary/aromatic N) is 4. The Balaban J connectivity index is 1.39. The van der Waals surface area contributed by atoms with Crippen LogP contribution >= 0.6 is 0 Å². The van der Waals surface area contributed by atoms with Crippen molar-refractivity contribution in [2.24, 2.45) is 5.92 Å². The van der Waals surface area contributed by atoms with Gasteiger partial charge in [0.05, 0.1) is 0 Å². The number of benzene rings is 1. The van der Waals surface area contributed by atoms with Crippen LogP contribution in [-0.2, 0) is 37.7 Å². The van der Waals surface area contributed by atoms with Crippen molar-refractivity contribution in [2.45, 2.75) is 76.7 Å². The zero-order chi connectivity index (χ0) is 27.1. The number of alkyl halides is 2. The van der Waals surface area contributed by atoms with Gasteiger partial charge in [-0.3, -0.25) is 0 Å². The number of fused-ring (bicyclic) bond motifs is 8. The predicted octanol–water partition coefficient (Wildman–Crippen LogP) is 5.49. The van der Waals surface area contributed by atoms with Gasteiger partial charge in [-0.25, -0.2) is 0 Å². The molecule has 0 atom stereocenters. The normalized spacial score (nSPS) is 24.1. The van der Waals surface area contributed by atoms with Crippen LogP contribution in [0.25, 0.3) is 11.0 Å². The standard InChI is InChI=1S/C30H35F2N5O.Cd/c1-20-34-27-26-16-25(23-9-10-23)29(38)37(28(26)35-20)14-5-3-2-4-13-36-18-22(19-36)11-12-30(31,32)24-8-6-7-21(15-24)17-33-27;/h6-8,15-16,22-23H,2-5,9-14,18-19H2,1H3,(H,33,34,35);. The van der Waals surface area contributed by atoms with E-state index in [1.165, 1.54) is 0 Å². The van der Waals surface area contributed by atoms with E-state index in [4.69, 9.17) is 9.97 Å². The number of anilines is 1. The van der Waals surface area contributed by atoms with E-state index in [0.29, 0.717) is 67.4 Å². The van der Waals surface area contributed by atoms with Crippen molar-refractivity contribution in [1.29, 1.82) is 0 Å². The van der Waals surface area contributed by atoms with Gasteiger partial charge in [-0.2, -0.15) is 0 Å². The van der Waals surface area contributed by atoms with Gasteiger partial charge in [0.15, 0.2) is 0 Å². The van der Waals surface area contributed by atoms with Crippen LogP contribution in [0, 0.1) is 12.8 Å². The Bertz CT molecular complexity index is 1460. The quantitative estimate of drug-likeness (QED) is 0.360. The van der Waals surface area contributed by atoms with Crippen LogP contribution in [0.4, 0.5) is 14.6 Å². The number of hydrogen-bond donors (Lipinski definition) is 1. The molecule has 0 unspecified atom stereocenters. The van der Waals surface area contributed by atoms with Crippen LogP contribution in [-0.4, -0.2) is 42.2 Å². The Labute approximate surface area is 243 Å². The van der Waals surface area contributed by atoms with E-state index in [-0.39, 0.29) is 17.5 Å². The Kier molecular flexibility index (Phi) is 7.69. The summed E-state index contributed by atoms with van der Waals surface area (Å²) in [7, 11) is 0. The van der Waals surface area contributed by atoms with E-state index in [1.54, 1.807) is 18.2 Å². The fourth-order valence-electron chi connectivity index (χ4n) is 6.04. The molecule has 8 bridgehead atoms. The minimum absolute atomic E-state index is 0.0752. The molecule has 1 N–H and O–H groups in total. The second-order valence-corrected chi connectivity index (χ2v) is 13.7. The van der Waals surface area contributed by atoms with Crippen molar-refractivity contribution in [2.75, 3.05) is 25.0 Å². The van der Waals surface area contributed by atoms with Crippen molar-refractivity contribution in [3.63, 3.8) is 0 Å². The Hall–Kier alpha value is -2.08. The van der Waals surface area contributed by atoms with Crippen LogP contribution in [0.3, 0.4) is 0 Å². The average Bonchev–Trinajstić information content (AvgIpc) is 3.72. The maximum atomic E-state index is 15.3. The van der Waals surface area contributed by atoms with Gasteiger partial charge in [0.2, 0.25) is 0 Å². The number of aryl methyl sites for hydroxylation is 2. The topological polar surface area (TPSA) is 63.1 Å². The zero-order valence-electron chi connectivity index (χ0n) is 22.7. The number of rotatable bonds is 1. The molecule has 1 saturated heterocycles. The van der Waals surface area contributed by atoms with Gasteiger partial charge < -0.3 is 0 Å². The maximum absolute atomic E-state index is 15.3. The Morgan fingerprint density at radius 2 is 1.79 bits per heavy atom. The number of hydrogen-bond acceptors (Lipinski definition) is 5. The van der Waals surface area contributed by atoms with E-state index in [9.17, 15) is 4.79 Å². The molecule has 1 aliphatic carbocycles. The Morgan fingerprint density at radius 3 is 2.56 bits per heavy atom. The number of aromatic nitrogens is 3. The number of halogens is 2. The molecular weight excluding hydrogens is 597 g/mol. The average molecular weight is 632 g/mol. The van der Waals surface area contributed by atoms with Gasteiger partial charge >= 0.3 is 244 Å². The van der Waals surface area contributed by atoms with Crippen LogP contribution in [0.1, 0.15) is 79.8 Å². The molecule has 202 valence electrons. The molecular formula is C30H35CdF2N5O.